The molecule has 2 heterocycles. The second kappa shape index (κ2) is 6.78. The minimum Gasteiger partial charge on any atom is -0.503 e. The quantitative estimate of drug-likeness (QED) is 0.657. The molecule has 1 amide bonds. The van der Waals surface area contributed by atoms with E-state index in [2.05, 4.69) is 33.5 Å². The number of anilines is 1. The van der Waals surface area contributed by atoms with E-state index in [0.29, 0.717) is 10.2 Å². The number of carbonyl (C=O) groups excluding carboxylic acids is 1. The van der Waals surface area contributed by atoms with E-state index in [1.165, 1.54) is 24.0 Å². The van der Waals surface area contributed by atoms with Crippen LogP contribution in [0, 0.1) is 5.92 Å². The minimum atomic E-state index is -0.358. The zero-order valence-electron chi connectivity index (χ0n) is 14.7. The molecule has 1 aliphatic heterocycles. The van der Waals surface area contributed by atoms with Crippen LogP contribution in [0.3, 0.4) is 0 Å². The second-order valence-corrected chi connectivity index (χ2v) is 8.79. The van der Waals surface area contributed by atoms with Gasteiger partial charge in [0, 0.05) is 4.88 Å². The summed E-state index contributed by atoms with van der Waals surface area (Å²) in [5.74, 6) is 1.11. The summed E-state index contributed by atoms with van der Waals surface area (Å²) in [4.78, 5) is 14.2. The average molecular weight is 437 g/mol. The fourth-order valence-electron chi connectivity index (χ4n) is 3.80. The van der Waals surface area contributed by atoms with E-state index >= 15 is 0 Å². The molecule has 2 atom stereocenters. The highest BCUT2D eigenvalue weighted by Crippen LogP contribution is 2.44. The Hall–Kier alpha value is -1.73. The Morgan fingerprint density at radius 1 is 1.38 bits per heavy atom. The number of aromatic hydroxyl groups is 1. The number of fused-ring (bicyclic) bond motifs is 3. The van der Waals surface area contributed by atoms with E-state index in [-0.39, 0.29) is 17.8 Å². The summed E-state index contributed by atoms with van der Waals surface area (Å²) in [5, 5.41) is 17.5. The van der Waals surface area contributed by atoms with Crippen molar-refractivity contribution in [3.05, 3.63) is 38.2 Å². The van der Waals surface area contributed by atoms with Crippen LogP contribution in [0.4, 0.5) is 5.00 Å². The normalized spacial score (nSPS) is 21.4. The average Bonchev–Trinajstić information content (AvgIpc) is 3.01. The molecule has 0 bridgehead atoms. The van der Waals surface area contributed by atoms with Crippen molar-refractivity contribution in [2.75, 3.05) is 12.4 Å². The molecule has 26 heavy (non-hydrogen) atoms. The number of thiophene rings is 1. The lowest BCUT2D eigenvalue weighted by molar-refractivity contribution is 0.0935. The molecule has 1 aromatic heterocycles. The Kier molecular flexibility index (Phi) is 4.61. The number of carbonyl (C=O) groups is 1. The molecule has 5 nitrogen and oxygen atoms in total. The number of phenolic OH excluding ortho intramolecular Hbond substituents is 1. The van der Waals surface area contributed by atoms with Crippen molar-refractivity contribution in [3.63, 3.8) is 0 Å². The molecule has 7 heteroatoms. The smallest absolute Gasteiger partial charge is 0.256 e. The first-order chi connectivity index (χ1) is 12.5. The van der Waals surface area contributed by atoms with Crippen molar-refractivity contribution in [2.24, 2.45) is 5.92 Å². The van der Waals surface area contributed by atoms with Crippen LogP contribution in [0.1, 0.15) is 52.3 Å². The molecular weight excluding hydrogens is 416 g/mol. The van der Waals surface area contributed by atoms with Crippen molar-refractivity contribution in [3.8, 4) is 11.5 Å². The maximum atomic E-state index is 12.8. The Morgan fingerprint density at radius 3 is 2.92 bits per heavy atom. The summed E-state index contributed by atoms with van der Waals surface area (Å²) in [7, 11) is 1.51. The van der Waals surface area contributed by atoms with E-state index in [1.54, 1.807) is 23.5 Å². The first kappa shape index (κ1) is 17.7. The zero-order chi connectivity index (χ0) is 18.4. The predicted molar refractivity (Wildman–Crippen MR) is 106 cm³/mol. The summed E-state index contributed by atoms with van der Waals surface area (Å²) >= 11 is 5.06. The molecule has 1 aromatic carbocycles. The number of phenols is 1. The minimum absolute atomic E-state index is 0.0284. The Morgan fingerprint density at radius 2 is 2.19 bits per heavy atom. The van der Waals surface area contributed by atoms with E-state index < -0.39 is 0 Å². The van der Waals surface area contributed by atoms with E-state index in [0.717, 1.165) is 41.3 Å². The van der Waals surface area contributed by atoms with Crippen LogP contribution in [-0.2, 0) is 12.8 Å². The summed E-state index contributed by atoms with van der Waals surface area (Å²) in [6.45, 7) is 2.24. The lowest BCUT2D eigenvalue weighted by Gasteiger charge is -2.27. The van der Waals surface area contributed by atoms with Gasteiger partial charge in [-0.05, 0) is 64.4 Å². The number of nitrogens with one attached hydrogen (secondary N) is 2. The van der Waals surface area contributed by atoms with Crippen molar-refractivity contribution >= 4 is 38.2 Å². The van der Waals surface area contributed by atoms with Crippen molar-refractivity contribution in [2.45, 2.75) is 38.8 Å². The van der Waals surface area contributed by atoms with Crippen molar-refractivity contribution < 1.29 is 14.6 Å². The van der Waals surface area contributed by atoms with Gasteiger partial charge in [0.05, 0.1) is 17.1 Å². The molecule has 0 saturated heterocycles. The Labute approximate surface area is 164 Å². The maximum absolute atomic E-state index is 12.8. The Balaban J connectivity index is 1.68. The van der Waals surface area contributed by atoms with Gasteiger partial charge < -0.3 is 20.5 Å². The molecule has 0 saturated carbocycles. The number of hydrogen-bond acceptors (Lipinski definition) is 5. The van der Waals surface area contributed by atoms with Gasteiger partial charge in [-0.15, -0.1) is 11.3 Å². The standard InChI is InChI=1S/C19H21BrN2O3S/c1-3-9-4-5-11-14(6-9)26-19-15(11)18(24)21-17(22-19)10-7-12(20)16(23)13(8-10)25-2/h7-9,17,22-23H,3-6H2,1-2H3,(H,21,24)/t9-,17-/m0/s1. The SMILES string of the molecule is CC[C@H]1CCc2c(sc3c2C(=O)N[C@H](c2cc(Br)c(O)c(OC)c2)N3)C1. The third-order valence-electron chi connectivity index (χ3n) is 5.33. The fourth-order valence-corrected chi connectivity index (χ4v) is 5.64. The summed E-state index contributed by atoms with van der Waals surface area (Å²) in [6, 6.07) is 3.53. The molecule has 2 aliphatic rings. The van der Waals surface area contributed by atoms with Gasteiger partial charge in [-0.2, -0.15) is 0 Å². The van der Waals surface area contributed by atoms with Crippen LogP contribution in [0.5, 0.6) is 11.5 Å². The van der Waals surface area contributed by atoms with Gasteiger partial charge in [0.15, 0.2) is 11.5 Å². The monoisotopic (exact) mass is 436 g/mol. The first-order valence-electron chi connectivity index (χ1n) is 8.80. The first-order valence-corrected chi connectivity index (χ1v) is 10.4. The predicted octanol–water partition coefficient (Wildman–Crippen LogP) is 4.59. The van der Waals surface area contributed by atoms with Gasteiger partial charge in [-0.25, -0.2) is 0 Å². The van der Waals surface area contributed by atoms with Crippen molar-refractivity contribution in [1.82, 2.24) is 5.32 Å². The number of amides is 1. The van der Waals surface area contributed by atoms with Crippen molar-refractivity contribution in [1.29, 1.82) is 0 Å². The van der Waals surface area contributed by atoms with Gasteiger partial charge in [-0.1, -0.05) is 13.3 Å². The molecule has 0 radical (unpaired) electrons. The highest BCUT2D eigenvalue weighted by Gasteiger charge is 2.33. The molecular formula is C19H21BrN2O3S. The van der Waals surface area contributed by atoms with E-state index in [9.17, 15) is 9.90 Å². The van der Waals surface area contributed by atoms with Gasteiger partial charge in [0.2, 0.25) is 0 Å². The Bertz CT molecular complexity index is 880. The van der Waals surface area contributed by atoms with E-state index in [1.807, 2.05) is 0 Å². The molecule has 0 spiro atoms. The topological polar surface area (TPSA) is 70.6 Å². The zero-order valence-corrected chi connectivity index (χ0v) is 17.1. The number of halogens is 1. The molecule has 0 unspecified atom stereocenters. The van der Waals surface area contributed by atoms with Gasteiger partial charge in [0.1, 0.15) is 11.2 Å². The van der Waals surface area contributed by atoms with Crippen LogP contribution in [0.25, 0.3) is 0 Å². The third-order valence-corrected chi connectivity index (χ3v) is 7.12. The van der Waals surface area contributed by atoms with Crippen LogP contribution >= 0.6 is 27.3 Å². The number of hydrogen-bond donors (Lipinski definition) is 3. The molecule has 0 fully saturated rings. The highest BCUT2D eigenvalue weighted by atomic mass is 79.9. The summed E-state index contributed by atoms with van der Waals surface area (Å²) in [6.07, 6.45) is 4.04. The van der Waals surface area contributed by atoms with Crippen LogP contribution in [-0.4, -0.2) is 18.1 Å². The van der Waals surface area contributed by atoms with Gasteiger partial charge in [0.25, 0.3) is 5.91 Å². The summed E-state index contributed by atoms with van der Waals surface area (Å²) in [5.41, 5.74) is 2.87. The third kappa shape index (κ3) is 2.87. The molecule has 138 valence electrons. The molecule has 3 N–H and O–H groups in total. The fraction of sp³-hybridized carbons (Fsp3) is 0.421. The largest absolute Gasteiger partial charge is 0.503 e. The lowest BCUT2D eigenvalue weighted by Crippen LogP contribution is -2.38. The summed E-state index contributed by atoms with van der Waals surface area (Å²) < 4.78 is 5.76. The number of ether oxygens (including phenoxy) is 1. The lowest BCUT2D eigenvalue weighted by atomic mass is 9.85. The highest BCUT2D eigenvalue weighted by molar-refractivity contribution is 9.10. The second-order valence-electron chi connectivity index (χ2n) is 6.83. The van der Waals surface area contributed by atoms with Crippen LogP contribution < -0.4 is 15.4 Å². The number of methoxy groups -OCH3 is 1. The molecule has 1 aliphatic carbocycles. The van der Waals surface area contributed by atoms with Gasteiger partial charge in [-0.3, -0.25) is 4.79 Å². The van der Waals surface area contributed by atoms with E-state index in [4.69, 9.17) is 4.74 Å². The number of rotatable bonds is 3. The number of benzene rings is 1. The van der Waals surface area contributed by atoms with Gasteiger partial charge >= 0.3 is 0 Å². The molecule has 2 aromatic rings. The van der Waals surface area contributed by atoms with Crippen LogP contribution in [0.2, 0.25) is 0 Å². The maximum Gasteiger partial charge on any atom is 0.256 e. The molecule has 4 rings (SSSR count). The van der Waals surface area contributed by atoms with Crippen LogP contribution in [0.15, 0.2) is 16.6 Å².